The molecule has 2 unspecified atom stereocenters. The second kappa shape index (κ2) is 6.76. The summed E-state index contributed by atoms with van der Waals surface area (Å²) in [6.45, 7) is 7.32. The molecule has 1 aromatic rings. The molecule has 0 aliphatic heterocycles. The van der Waals surface area contributed by atoms with Gasteiger partial charge in [-0.2, -0.15) is 0 Å². The van der Waals surface area contributed by atoms with E-state index in [0.717, 1.165) is 18.7 Å². The van der Waals surface area contributed by atoms with Gasteiger partial charge in [0, 0.05) is 7.11 Å². The van der Waals surface area contributed by atoms with Gasteiger partial charge in [-0.05, 0) is 37.6 Å². The molecule has 0 amide bonds. The lowest BCUT2D eigenvalue weighted by Gasteiger charge is -2.36. The third-order valence-electron chi connectivity index (χ3n) is 3.64. The van der Waals surface area contributed by atoms with Crippen LogP contribution >= 0.6 is 0 Å². The van der Waals surface area contributed by atoms with Crippen molar-refractivity contribution >= 4 is 0 Å². The first-order valence-electron chi connectivity index (χ1n) is 6.53. The lowest BCUT2D eigenvalue weighted by molar-refractivity contribution is -0.0296. The highest BCUT2D eigenvalue weighted by Gasteiger charge is 2.33. The predicted molar refractivity (Wildman–Crippen MR) is 75.1 cm³/mol. The Kier molecular flexibility index (Phi) is 5.63. The Morgan fingerprint density at radius 3 is 2.17 bits per heavy atom. The second-order valence-corrected chi connectivity index (χ2v) is 4.63. The number of benzene rings is 1. The van der Waals surface area contributed by atoms with E-state index in [1.54, 1.807) is 14.2 Å². The lowest BCUT2D eigenvalue weighted by Crippen LogP contribution is -2.42. The Morgan fingerprint density at radius 1 is 1.17 bits per heavy atom. The van der Waals surface area contributed by atoms with Crippen LogP contribution in [0.25, 0.3) is 0 Å². The molecule has 1 rings (SSSR count). The second-order valence-electron chi connectivity index (χ2n) is 4.63. The van der Waals surface area contributed by atoms with Gasteiger partial charge < -0.3 is 14.8 Å². The summed E-state index contributed by atoms with van der Waals surface area (Å²) in [4.78, 5) is 0. The third-order valence-corrected chi connectivity index (χ3v) is 3.64. The van der Waals surface area contributed by atoms with Crippen molar-refractivity contribution in [2.45, 2.75) is 38.8 Å². The van der Waals surface area contributed by atoms with Crippen molar-refractivity contribution in [3.63, 3.8) is 0 Å². The first kappa shape index (κ1) is 15.0. The summed E-state index contributed by atoms with van der Waals surface area (Å²) in [5.74, 6) is 0.879. The molecule has 3 heteroatoms. The van der Waals surface area contributed by atoms with Gasteiger partial charge in [-0.25, -0.2) is 0 Å². The fourth-order valence-corrected chi connectivity index (χ4v) is 2.15. The summed E-state index contributed by atoms with van der Waals surface area (Å²) in [5, 5.41) is 3.51. The van der Waals surface area contributed by atoms with Crippen molar-refractivity contribution in [1.82, 2.24) is 5.32 Å². The molecule has 0 saturated heterocycles. The zero-order chi connectivity index (χ0) is 13.6. The van der Waals surface area contributed by atoms with Gasteiger partial charge in [-0.1, -0.05) is 26.0 Å². The smallest absolute Gasteiger partial charge is 0.118 e. The van der Waals surface area contributed by atoms with Crippen LogP contribution < -0.4 is 10.1 Å². The number of rotatable bonds is 7. The molecule has 18 heavy (non-hydrogen) atoms. The Hall–Kier alpha value is -1.06. The maximum atomic E-state index is 5.72. The minimum atomic E-state index is -0.204. The summed E-state index contributed by atoms with van der Waals surface area (Å²) >= 11 is 0. The van der Waals surface area contributed by atoms with Crippen molar-refractivity contribution in [2.75, 3.05) is 20.8 Å². The van der Waals surface area contributed by atoms with Gasteiger partial charge in [0.25, 0.3) is 0 Å². The van der Waals surface area contributed by atoms with Gasteiger partial charge in [0.2, 0.25) is 0 Å². The first-order valence-corrected chi connectivity index (χ1v) is 6.53. The summed E-state index contributed by atoms with van der Waals surface area (Å²) < 4.78 is 10.9. The molecule has 1 N–H and O–H groups in total. The molecule has 0 bridgehead atoms. The van der Waals surface area contributed by atoms with Crippen molar-refractivity contribution in [3.8, 4) is 5.75 Å². The van der Waals surface area contributed by atoms with Crippen molar-refractivity contribution in [3.05, 3.63) is 29.8 Å². The van der Waals surface area contributed by atoms with Crippen molar-refractivity contribution < 1.29 is 9.47 Å². The SMILES string of the molecule is CCNC(c1ccc(OC)cc1)C(C)(CC)OC. The van der Waals surface area contributed by atoms with E-state index >= 15 is 0 Å². The number of nitrogens with one attached hydrogen (secondary N) is 1. The summed E-state index contributed by atoms with van der Waals surface area (Å²) in [6.07, 6.45) is 0.952. The van der Waals surface area contributed by atoms with E-state index in [-0.39, 0.29) is 11.6 Å². The van der Waals surface area contributed by atoms with E-state index in [0.29, 0.717) is 0 Å². The zero-order valence-corrected chi connectivity index (χ0v) is 12.1. The van der Waals surface area contributed by atoms with Gasteiger partial charge in [-0.15, -0.1) is 0 Å². The molecule has 0 spiro atoms. The van der Waals surface area contributed by atoms with Gasteiger partial charge in [0.15, 0.2) is 0 Å². The van der Waals surface area contributed by atoms with E-state index in [4.69, 9.17) is 9.47 Å². The van der Waals surface area contributed by atoms with Crippen LogP contribution in [0.1, 0.15) is 38.8 Å². The van der Waals surface area contributed by atoms with Crippen LogP contribution in [0.3, 0.4) is 0 Å². The molecule has 0 saturated carbocycles. The van der Waals surface area contributed by atoms with Crippen LogP contribution in [0.15, 0.2) is 24.3 Å². The Labute approximate surface area is 110 Å². The van der Waals surface area contributed by atoms with Crippen molar-refractivity contribution in [2.24, 2.45) is 0 Å². The Bertz CT molecular complexity index is 344. The third kappa shape index (κ3) is 3.24. The van der Waals surface area contributed by atoms with Crippen LogP contribution in [0.4, 0.5) is 0 Å². The predicted octanol–water partition coefficient (Wildman–Crippen LogP) is 3.16. The van der Waals surface area contributed by atoms with Gasteiger partial charge >= 0.3 is 0 Å². The Morgan fingerprint density at radius 2 is 1.78 bits per heavy atom. The molecule has 102 valence electrons. The van der Waals surface area contributed by atoms with E-state index in [1.807, 2.05) is 12.1 Å². The highest BCUT2D eigenvalue weighted by molar-refractivity contribution is 5.30. The van der Waals surface area contributed by atoms with Crippen LogP contribution in [0.5, 0.6) is 5.75 Å². The van der Waals surface area contributed by atoms with Crippen LogP contribution in [-0.4, -0.2) is 26.4 Å². The van der Waals surface area contributed by atoms with Gasteiger partial charge in [0.1, 0.15) is 5.75 Å². The minimum Gasteiger partial charge on any atom is -0.497 e. The molecule has 3 nitrogen and oxygen atoms in total. The fourth-order valence-electron chi connectivity index (χ4n) is 2.15. The molecule has 2 atom stereocenters. The maximum absolute atomic E-state index is 5.72. The summed E-state index contributed by atoms with van der Waals surface area (Å²) in [7, 11) is 3.46. The maximum Gasteiger partial charge on any atom is 0.118 e. The quantitative estimate of drug-likeness (QED) is 0.807. The van der Waals surface area contributed by atoms with E-state index < -0.39 is 0 Å². The zero-order valence-electron chi connectivity index (χ0n) is 12.1. The van der Waals surface area contributed by atoms with Gasteiger partial charge in [-0.3, -0.25) is 0 Å². The van der Waals surface area contributed by atoms with Crippen LogP contribution in [0.2, 0.25) is 0 Å². The standard InChI is InChI=1S/C15H25NO2/c1-6-15(3,18-5)14(16-7-2)12-8-10-13(17-4)11-9-12/h8-11,14,16H,6-7H2,1-5H3. The fraction of sp³-hybridized carbons (Fsp3) is 0.600. The number of hydrogen-bond acceptors (Lipinski definition) is 3. The first-order chi connectivity index (χ1) is 8.61. The van der Waals surface area contributed by atoms with Crippen LogP contribution in [0, 0.1) is 0 Å². The molecule has 0 aromatic heterocycles. The highest BCUT2D eigenvalue weighted by atomic mass is 16.5. The minimum absolute atomic E-state index is 0.184. The average Bonchev–Trinajstić information content (AvgIpc) is 2.44. The summed E-state index contributed by atoms with van der Waals surface area (Å²) in [6, 6.07) is 8.36. The molecule has 0 fully saturated rings. The molecule has 0 aliphatic carbocycles. The number of likely N-dealkylation sites (N-methyl/N-ethyl adjacent to an activating group) is 1. The molecule has 1 aromatic carbocycles. The average molecular weight is 251 g/mol. The number of methoxy groups -OCH3 is 2. The van der Waals surface area contributed by atoms with E-state index in [9.17, 15) is 0 Å². The number of hydrogen-bond donors (Lipinski definition) is 1. The molecular weight excluding hydrogens is 226 g/mol. The molecule has 0 heterocycles. The molecular formula is C15H25NO2. The van der Waals surface area contributed by atoms with Crippen LogP contribution in [-0.2, 0) is 4.74 Å². The topological polar surface area (TPSA) is 30.5 Å². The highest BCUT2D eigenvalue weighted by Crippen LogP contribution is 2.32. The molecule has 0 aliphatic rings. The monoisotopic (exact) mass is 251 g/mol. The van der Waals surface area contributed by atoms with E-state index in [1.165, 1.54) is 5.56 Å². The molecule has 0 radical (unpaired) electrons. The lowest BCUT2D eigenvalue weighted by atomic mass is 9.87. The number of ether oxygens (including phenoxy) is 2. The van der Waals surface area contributed by atoms with E-state index in [2.05, 4.69) is 38.2 Å². The summed E-state index contributed by atoms with van der Waals surface area (Å²) in [5.41, 5.74) is 1.02. The van der Waals surface area contributed by atoms with Crippen molar-refractivity contribution in [1.29, 1.82) is 0 Å². The Balaban J connectivity index is 3.02. The normalized spacial score (nSPS) is 16.1. The largest absolute Gasteiger partial charge is 0.497 e. The van der Waals surface area contributed by atoms with Gasteiger partial charge in [0.05, 0.1) is 18.8 Å².